The summed E-state index contributed by atoms with van der Waals surface area (Å²) in [5.41, 5.74) is 1.43. The Morgan fingerprint density at radius 2 is 1.97 bits per heavy atom. The highest BCUT2D eigenvalue weighted by Gasteiger charge is 2.33. The van der Waals surface area contributed by atoms with E-state index in [0.717, 1.165) is 10.4 Å². The summed E-state index contributed by atoms with van der Waals surface area (Å²) in [7, 11) is 3.13. The fourth-order valence-corrected chi connectivity index (χ4v) is 5.25. The molecule has 0 saturated heterocycles. The van der Waals surface area contributed by atoms with Crippen LogP contribution in [0.1, 0.15) is 23.4 Å². The molecule has 9 heteroatoms. The van der Waals surface area contributed by atoms with Gasteiger partial charge in [0.15, 0.2) is 4.80 Å². The first-order valence-electron chi connectivity index (χ1n) is 9.89. The molecule has 4 rings (SSSR count). The third-order valence-electron chi connectivity index (χ3n) is 5.01. The average molecular weight is 471 g/mol. The van der Waals surface area contributed by atoms with Gasteiger partial charge in [0.05, 0.1) is 35.6 Å². The lowest BCUT2D eigenvalue weighted by atomic mass is 9.96. The molecule has 3 heterocycles. The Balaban J connectivity index is 1.88. The summed E-state index contributed by atoms with van der Waals surface area (Å²) in [5.74, 6) is 0.167. The summed E-state index contributed by atoms with van der Waals surface area (Å²) in [5, 5.41) is 1.96. The minimum atomic E-state index is -0.655. The molecular formula is C23H22N2O5S2. The quantitative estimate of drug-likeness (QED) is 0.392. The zero-order chi connectivity index (χ0) is 22.7. The van der Waals surface area contributed by atoms with Gasteiger partial charge in [0.25, 0.3) is 5.56 Å². The number of ether oxygens (including phenoxy) is 3. The van der Waals surface area contributed by atoms with Crippen LogP contribution in [0.5, 0.6) is 5.75 Å². The molecule has 1 aliphatic heterocycles. The SMILES string of the molecule is COCCOC(=O)C1=C(C)N=c2sc(=Cc3cccs3)c(=O)n2C1c1ccc(OC)cc1. The van der Waals surface area contributed by atoms with Gasteiger partial charge in [-0.3, -0.25) is 9.36 Å². The van der Waals surface area contributed by atoms with Crippen molar-refractivity contribution >= 4 is 34.7 Å². The molecule has 0 aliphatic carbocycles. The molecule has 0 N–H and O–H groups in total. The molecule has 166 valence electrons. The molecule has 32 heavy (non-hydrogen) atoms. The third kappa shape index (κ3) is 4.32. The minimum absolute atomic E-state index is 0.115. The number of allylic oxidation sites excluding steroid dienone is 1. The topological polar surface area (TPSA) is 79.1 Å². The highest BCUT2D eigenvalue weighted by Crippen LogP contribution is 2.31. The molecule has 0 amide bonds. The van der Waals surface area contributed by atoms with Gasteiger partial charge in [0.2, 0.25) is 0 Å². The maximum Gasteiger partial charge on any atom is 0.338 e. The van der Waals surface area contributed by atoms with Crippen LogP contribution < -0.4 is 19.6 Å². The lowest BCUT2D eigenvalue weighted by Crippen LogP contribution is -2.40. The van der Waals surface area contributed by atoms with Gasteiger partial charge in [-0.1, -0.05) is 29.5 Å². The number of methoxy groups -OCH3 is 2. The molecule has 0 radical (unpaired) electrons. The molecule has 0 fully saturated rings. The number of nitrogens with zero attached hydrogens (tertiary/aromatic N) is 2. The smallest absolute Gasteiger partial charge is 0.338 e. The third-order valence-corrected chi connectivity index (χ3v) is 6.81. The van der Waals surface area contributed by atoms with E-state index in [0.29, 0.717) is 26.4 Å². The van der Waals surface area contributed by atoms with Crippen molar-refractivity contribution in [3.8, 4) is 5.75 Å². The molecule has 3 aromatic rings. The summed E-state index contributed by atoms with van der Waals surface area (Å²) in [4.78, 5) is 32.6. The van der Waals surface area contributed by atoms with E-state index in [9.17, 15) is 9.59 Å². The Kier molecular flexibility index (Phi) is 6.69. The van der Waals surface area contributed by atoms with Crippen molar-refractivity contribution in [3.05, 3.63) is 83.2 Å². The van der Waals surface area contributed by atoms with E-state index in [4.69, 9.17) is 14.2 Å². The summed E-state index contributed by atoms with van der Waals surface area (Å²) in [6.07, 6.45) is 1.86. The van der Waals surface area contributed by atoms with E-state index in [1.165, 1.54) is 18.4 Å². The van der Waals surface area contributed by atoms with E-state index < -0.39 is 12.0 Å². The van der Waals surface area contributed by atoms with Gasteiger partial charge >= 0.3 is 5.97 Å². The molecule has 1 unspecified atom stereocenters. The second-order valence-electron chi connectivity index (χ2n) is 7.00. The fraction of sp³-hybridized carbons (Fsp3) is 0.261. The number of hydrogen-bond donors (Lipinski definition) is 0. The summed E-state index contributed by atoms with van der Waals surface area (Å²) >= 11 is 2.86. The van der Waals surface area contributed by atoms with Crippen molar-refractivity contribution in [2.75, 3.05) is 27.4 Å². The zero-order valence-corrected chi connectivity index (χ0v) is 19.5. The molecule has 1 atom stereocenters. The fourth-order valence-electron chi connectivity index (χ4n) is 3.48. The van der Waals surface area contributed by atoms with E-state index in [1.54, 1.807) is 42.1 Å². The summed E-state index contributed by atoms with van der Waals surface area (Å²) in [6, 6.07) is 10.5. The van der Waals surface area contributed by atoms with Crippen LogP contribution in [0.15, 0.2) is 62.8 Å². The van der Waals surface area contributed by atoms with Crippen molar-refractivity contribution in [2.24, 2.45) is 4.99 Å². The maximum atomic E-state index is 13.4. The van der Waals surface area contributed by atoms with Gasteiger partial charge in [0.1, 0.15) is 12.4 Å². The van der Waals surface area contributed by atoms with Crippen LogP contribution in [0.4, 0.5) is 0 Å². The number of fused-ring (bicyclic) bond motifs is 1. The second-order valence-corrected chi connectivity index (χ2v) is 8.99. The van der Waals surface area contributed by atoms with Crippen molar-refractivity contribution in [1.29, 1.82) is 0 Å². The lowest BCUT2D eigenvalue weighted by molar-refractivity contribution is -0.140. The van der Waals surface area contributed by atoms with Crippen LogP contribution >= 0.6 is 22.7 Å². The van der Waals surface area contributed by atoms with Gasteiger partial charge in [-0.05, 0) is 42.1 Å². The molecule has 0 saturated carbocycles. The highest BCUT2D eigenvalue weighted by atomic mass is 32.1. The number of carbonyl (C=O) groups excluding carboxylic acids is 1. The normalized spacial score (nSPS) is 16.0. The standard InChI is InChI=1S/C23H22N2O5S2/c1-14-19(22(27)30-11-10-28-2)20(15-6-8-16(29-3)9-7-15)25-21(26)18(32-23(25)24-14)13-17-5-4-12-31-17/h4-9,12-13,20H,10-11H2,1-3H3. The van der Waals surface area contributed by atoms with Crippen LogP contribution in [0.25, 0.3) is 6.08 Å². The highest BCUT2D eigenvalue weighted by molar-refractivity contribution is 7.11. The maximum absolute atomic E-state index is 13.4. The predicted molar refractivity (Wildman–Crippen MR) is 124 cm³/mol. The van der Waals surface area contributed by atoms with Gasteiger partial charge < -0.3 is 14.2 Å². The molecule has 1 aliphatic rings. The van der Waals surface area contributed by atoms with Crippen molar-refractivity contribution in [2.45, 2.75) is 13.0 Å². The molecular weight excluding hydrogens is 448 g/mol. The lowest BCUT2D eigenvalue weighted by Gasteiger charge is -2.25. The summed E-state index contributed by atoms with van der Waals surface area (Å²) in [6.45, 7) is 2.16. The van der Waals surface area contributed by atoms with E-state index >= 15 is 0 Å². The van der Waals surface area contributed by atoms with Crippen molar-refractivity contribution in [3.63, 3.8) is 0 Å². The Morgan fingerprint density at radius 3 is 2.62 bits per heavy atom. The van der Waals surface area contributed by atoms with E-state index in [-0.39, 0.29) is 18.8 Å². The minimum Gasteiger partial charge on any atom is -0.497 e. The first kappa shape index (κ1) is 22.2. The summed E-state index contributed by atoms with van der Waals surface area (Å²) < 4.78 is 17.8. The number of hydrogen-bond acceptors (Lipinski definition) is 8. The Morgan fingerprint density at radius 1 is 1.19 bits per heavy atom. The van der Waals surface area contributed by atoms with E-state index in [2.05, 4.69) is 4.99 Å². The zero-order valence-electron chi connectivity index (χ0n) is 17.9. The molecule has 7 nitrogen and oxygen atoms in total. The van der Waals surface area contributed by atoms with Crippen molar-refractivity contribution in [1.82, 2.24) is 4.57 Å². The Labute approximate surface area is 192 Å². The first-order chi connectivity index (χ1) is 15.5. The van der Waals surface area contributed by atoms with Crippen LogP contribution in [0.2, 0.25) is 0 Å². The monoisotopic (exact) mass is 470 g/mol. The van der Waals surface area contributed by atoms with E-state index in [1.807, 2.05) is 35.7 Å². The van der Waals surface area contributed by atoms with Crippen LogP contribution in [-0.2, 0) is 14.3 Å². The number of esters is 1. The second kappa shape index (κ2) is 9.64. The molecule has 0 spiro atoms. The molecule has 0 bridgehead atoms. The van der Waals surface area contributed by atoms with Crippen LogP contribution in [-0.4, -0.2) is 38.0 Å². The van der Waals surface area contributed by atoms with Gasteiger partial charge in [-0.2, -0.15) is 0 Å². The number of rotatable bonds is 7. The average Bonchev–Trinajstić information content (AvgIpc) is 3.41. The number of aromatic nitrogens is 1. The largest absolute Gasteiger partial charge is 0.497 e. The Bertz CT molecular complexity index is 1320. The molecule has 2 aromatic heterocycles. The first-order valence-corrected chi connectivity index (χ1v) is 11.6. The van der Waals surface area contributed by atoms with Crippen LogP contribution in [0, 0.1) is 0 Å². The molecule has 1 aromatic carbocycles. The number of benzene rings is 1. The van der Waals surface area contributed by atoms with Gasteiger partial charge in [-0.25, -0.2) is 9.79 Å². The van der Waals surface area contributed by atoms with Crippen molar-refractivity contribution < 1.29 is 19.0 Å². The number of thiophene rings is 1. The van der Waals surface area contributed by atoms with Gasteiger partial charge in [0, 0.05) is 12.0 Å². The van der Waals surface area contributed by atoms with Gasteiger partial charge in [-0.15, -0.1) is 11.3 Å². The predicted octanol–water partition coefficient (Wildman–Crippen LogP) is 2.49. The number of carbonyl (C=O) groups is 1. The number of thiazole rings is 1. The Hall–Kier alpha value is -3.01. The van der Waals surface area contributed by atoms with Crippen LogP contribution in [0.3, 0.4) is 0 Å².